The van der Waals surface area contributed by atoms with E-state index in [2.05, 4.69) is 47.9 Å². The number of amidine groups is 1. The summed E-state index contributed by atoms with van der Waals surface area (Å²) in [6, 6.07) is 0. The van der Waals surface area contributed by atoms with Gasteiger partial charge in [-0.15, -0.1) is 0 Å². The lowest BCUT2D eigenvalue weighted by molar-refractivity contribution is 0.372. The van der Waals surface area contributed by atoms with Crippen LogP contribution in [-0.2, 0) is 0 Å². The second kappa shape index (κ2) is 4.08. The van der Waals surface area contributed by atoms with Gasteiger partial charge in [0.15, 0.2) is 0 Å². The molecular formula is C5H8Br2N4. The number of hydrogen-bond acceptors (Lipinski definition) is 3. The summed E-state index contributed by atoms with van der Waals surface area (Å²) in [5, 5.41) is 0. The Labute approximate surface area is 82.1 Å². The highest BCUT2D eigenvalue weighted by atomic mass is 79.9. The molecule has 0 saturated carbocycles. The predicted molar refractivity (Wildman–Crippen MR) is 52.0 cm³/mol. The number of hydrogen-bond donors (Lipinski definition) is 2. The van der Waals surface area contributed by atoms with Crippen molar-refractivity contribution in [1.82, 2.24) is 15.0 Å². The minimum absolute atomic E-state index is 0.764. The lowest BCUT2D eigenvalue weighted by Crippen LogP contribution is -2.46. The van der Waals surface area contributed by atoms with E-state index in [1.54, 1.807) is 4.14 Å². The van der Waals surface area contributed by atoms with Crippen LogP contribution in [0.25, 0.3) is 0 Å². The van der Waals surface area contributed by atoms with Crippen molar-refractivity contribution in [3.05, 3.63) is 10.7 Å². The van der Waals surface area contributed by atoms with Crippen LogP contribution in [0, 0.1) is 0 Å². The Morgan fingerprint density at radius 2 is 2.36 bits per heavy atom. The minimum atomic E-state index is 0.764. The molecule has 0 saturated heterocycles. The SMILES string of the molecule is CCN=C1C=C(Br)NN(Br)N1. The highest BCUT2D eigenvalue weighted by Gasteiger charge is 2.09. The zero-order valence-electron chi connectivity index (χ0n) is 5.93. The maximum absolute atomic E-state index is 4.17. The molecule has 0 fully saturated rings. The van der Waals surface area contributed by atoms with Crippen LogP contribution in [0.2, 0.25) is 0 Å². The summed E-state index contributed by atoms with van der Waals surface area (Å²) in [7, 11) is 0. The summed E-state index contributed by atoms with van der Waals surface area (Å²) < 4.78 is 2.41. The van der Waals surface area contributed by atoms with Gasteiger partial charge in [0.1, 0.15) is 5.84 Å². The number of aliphatic imine (C=N–C) groups is 1. The molecule has 0 atom stereocenters. The lowest BCUT2D eigenvalue weighted by atomic mass is 10.5. The normalized spacial score (nSPS) is 22.5. The summed E-state index contributed by atoms with van der Waals surface area (Å²) in [6.07, 6.45) is 1.86. The summed E-state index contributed by atoms with van der Waals surface area (Å²) in [5.41, 5.74) is 5.83. The number of halogens is 2. The van der Waals surface area contributed by atoms with Gasteiger partial charge < -0.3 is 0 Å². The van der Waals surface area contributed by atoms with Crippen molar-refractivity contribution in [2.75, 3.05) is 6.54 Å². The Morgan fingerprint density at radius 1 is 1.64 bits per heavy atom. The largest absolute Gasteiger partial charge is 0.284 e. The molecule has 0 bridgehead atoms. The van der Waals surface area contributed by atoms with E-state index >= 15 is 0 Å². The Morgan fingerprint density at radius 3 is 2.91 bits per heavy atom. The van der Waals surface area contributed by atoms with Gasteiger partial charge in [0.25, 0.3) is 0 Å². The van der Waals surface area contributed by atoms with Crippen molar-refractivity contribution >= 4 is 37.9 Å². The fourth-order valence-electron chi connectivity index (χ4n) is 0.658. The second-order valence-electron chi connectivity index (χ2n) is 1.86. The molecule has 4 nitrogen and oxygen atoms in total. The maximum Gasteiger partial charge on any atom is 0.140 e. The molecule has 0 aromatic carbocycles. The van der Waals surface area contributed by atoms with Gasteiger partial charge >= 0.3 is 0 Å². The molecule has 0 spiro atoms. The first kappa shape index (κ1) is 9.02. The zero-order valence-corrected chi connectivity index (χ0v) is 9.11. The molecule has 0 radical (unpaired) electrons. The van der Waals surface area contributed by atoms with E-state index in [1.807, 2.05) is 13.0 Å². The fourth-order valence-corrected chi connectivity index (χ4v) is 1.66. The number of rotatable bonds is 1. The summed E-state index contributed by atoms with van der Waals surface area (Å²) >= 11 is 6.50. The quantitative estimate of drug-likeness (QED) is 0.563. The molecule has 6 heteroatoms. The maximum atomic E-state index is 4.17. The van der Waals surface area contributed by atoms with E-state index in [9.17, 15) is 0 Å². The van der Waals surface area contributed by atoms with Gasteiger partial charge in [0.2, 0.25) is 0 Å². The number of nitrogens with zero attached hydrogens (tertiary/aromatic N) is 2. The van der Waals surface area contributed by atoms with E-state index < -0.39 is 0 Å². The van der Waals surface area contributed by atoms with Crippen LogP contribution in [0.5, 0.6) is 0 Å². The average molecular weight is 284 g/mol. The van der Waals surface area contributed by atoms with Crippen molar-refractivity contribution in [2.24, 2.45) is 4.99 Å². The van der Waals surface area contributed by atoms with E-state index in [4.69, 9.17) is 0 Å². The fraction of sp³-hybridized carbons (Fsp3) is 0.400. The van der Waals surface area contributed by atoms with Crippen molar-refractivity contribution in [3.63, 3.8) is 0 Å². The van der Waals surface area contributed by atoms with E-state index in [-0.39, 0.29) is 0 Å². The summed E-state index contributed by atoms with van der Waals surface area (Å²) in [4.78, 5) is 4.17. The Bertz CT molecular complexity index is 201. The zero-order chi connectivity index (χ0) is 8.27. The van der Waals surface area contributed by atoms with Crippen molar-refractivity contribution in [2.45, 2.75) is 6.92 Å². The Hall–Kier alpha value is -0.0700. The molecule has 0 unspecified atom stereocenters. The predicted octanol–water partition coefficient (Wildman–Crippen LogP) is 1.28. The number of hydrazine groups is 2. The lowest BCUT2D eigenvalue weighted by Gasteiger charge is -2.22. The molecule has 0 aromatic heterocycles. The molecule has 62 valence electrons. The first-order valence-electron chi connectivity index (χ1n) is 3.13. The highest BCUT2D eigenvalue weighted by Crippen LogP contribution is 2.07. The van der Waals surface area contributed by atoms with E-state index in [0.717, 1.165) is 17.0 Å². The average Bonchev–Trinajstić information content (AvgIpc) is 1.85. The van der Waals surface area contributed by atoms with Crippen LogP contribution >= 0.6 is 32.1 Å². The first-order chi connectivity index (χ1) is 5.22. The number of nitrogens with one attached hydrogen (secondary N) is 2. The van der Waals surface area contributed by atoms with Gasteiger partial charge in [-0.05, 0) is 22.9 Å². The second-order valence-corrected chi connectivity index (χ2v) is 3.42. The van der Waals surface area contributed by atoms with Gasteiger partial charge in [-0.1, -0.05) is 4.14 Å². The third kappa shape index (κ3) is 2.80. The molecular weight excluding hydrogens is 276 g/mol. The van der Waals surface area contributed by atoms with Crippen molar-refractivity contribution < 1.29 is 0 Å². The molecule has 0 aromatic rings. The molecule has 0 amide bonds. The Kier molecular flexibility index (Phi) is 3.35. The Balaban J connectivity index is 2.69. The van der Waals surface area contributed by atoms with Crippen molar-refractivity contribution in [1.29, 1.82) is 0 Å². The van der Waals surface area contributed by atoms with E-state index in [0.29, 0.717) is 0 Å². The van der Waals surface area contributed by atoms with Crippen LogP contribution < -0.4 is 10.9 Å². The van der Waals surface area contributed by atoms with Gasteiger partial charge in [-0.2, -0.15) is 0 Å². The molecule has 1 heterocycles. The minimum Gasteiger partial charge on any atom is -0.284 e. The van der Waals surface area contributed by atoms with Crippen LogP contribution in [0.15, 0.2) is 15.7 Å². The van der Waals surface area contributed by atoms with Crippen LogP contribution in [0.3, 0.4) is 0 Å². The van der Waals surface area contributed by atoms with Gasteiger partial charge in [-0.3, -0.25) is 15.8 Å². The monoisotopic (exact) mass is 282 g/mol. The topological polar surface area (TPSA) is 39.7 Å². The molecule has 1 aliphatic rings. The van der Waals surface area contributed by atoms with Gasteiger partial charge in [-0.25, -0.2) is 0 Å². The van der Waals surface area contributed by atoms with Gasteiger partial charge in [0, 0.05) is 12.6 Å². The van der Waals surface area contributed by atoms with Crippen LogP contribution in [0.1, 0.15) is 6.92 Å². The van der Waals surface area contributed by atoms with Crippen LogP contribution in [-0.4, -0.2) is 16.5 Å². The molecule has 1 aliphatic heterocycles. The third-order valence-electron chi connectivity index (χ3n) is 1.01. The first-order valence-corrected chi connectivity index (χ1v) is 4.63. The molecule has 2 N–H and O–H groups in total. The van der Waals surface area contributed by atoms with E-state index in [1.165, 1.54) is 0 Å². The van der Waals surface area contributed by atoms with Gasteiger partial charge in [0.05, 0.1) is 20.8 Å². The summed E-state index contributed by atoms with van der Waals surface area (Å²) in [5.74, 6) is 0.815. The highest BCUT2D eigenvalue weighted by molar-refractivity contribution is 9.11. The third-order valence-corrected chi connectivity index (χ3v) is 1.77. The van der Waals surface area contributed by atoms with Crippen molar-refractivity contribution in [3.8, 4) is 0 Å². The summed E-state index contributed by atoms with van der Waals surface area (Å²) in [6.45, 7) is 2.75. The molecule has 1 rings (SSSR count). The smallest absolute Gasteiger partial charge is 0.140 e. The molecule has 0 aliphatic carbocycles. The molecule has 11 heavy (non-hydrogen) atoms. The van der Waals surface area contributed by atoms with Crippen LogP contribution in [0.4, 0.5) is 0 Å². The standard InChI is InChI=1S/C5H8Br2N4/c1-2-8-5-3-4(6)9-11(7)10-5/h3,9H,2H2,1H3,(H,8,10).